The van der Waals surface area contributed by atoms with Crippen LogP contribution in [0.25, 0.3) is 0 Å². The van der Waals surface area contributed by atoms with Gasteiger partial charge in [0.05, 0.1) is 16.7 Å². The highest BCUT2D eigenvalue weighted by Gasteiger charge is 2.47. The first-order valence-corrected chi connectivity index (χ1v) is 7.50. The summed E-state index contributed by atoms with van der Waals surface area (Å²) in [4.78, 5) is 24.3. The first-order valence-electron chi connectivity index (χ1n) is 7.50. The second-order valence-electron chi connectivity index (χ2n) is 5.78. The third-order valence-corrected chi connectivity index (χ3v) is 4.47. The fourth-order valence-corrected chi connectivity index (χ4v) is 3.05. The van der Waals surface area contributed by atoms with Crippen LogP contribution in [-0.4, -0.2) is 11.8 Å². The van der Waals surface area contributed by atoms with Crippen LogP contribution in [0.15, 0.2) is 48.5 Å². The van der Waals surface area contributed by atoms with Crippen molar-refractivity contribution in [1.82, 2.24) is 0 Å². The van der Waals surface area contributed by atoms with Crippen LogP contribution in [0.5, 0.6) is 0 Å². The van der Waals surface area contributed by atoms with Crippen LogP contribution in [0.2, 0.25) is 0 Å². The lowest BCUT2D eigenvalue weighted by Gasteiger charge is -2.40. The molecule has 1 saturated carbocycles. The zero-order valence-corrected chi connectivity index (χ0v) is 12.5. The number of anilines is 1. The molecule has 118 valence electrons. The molecule has 23 heavy (non-hydrogen) atoms. The van der Waals surface area contributed by atoms with Gasteiger partial charge in [-0.1, -0.05) is 36.8 Å². The molecule has 5 heteroatoms. The highest BCUT2D eigenvalue weighted by atomic mass is 19.1. The summed E-state index contributed by atoms with van der Waals surface area (Å²) in [6.07, 6.45) is 2.02. The Balaban J connectivity index is 1.94. The largest absolute Gasteiger partial charge is 0.366 e. The third-order valence-electron chi connectivity index (χ3n) is 4.47. The quantitative estimate of drug-likeness (QED) is 0.911. The second kappa shape index (κ2) is 5.83. The number of primary amides is 1. The number of benzene rings is 2. The molecule has 0 bridgehead atoms. The van der Waals surface area contributed by atoms with Gasteiger partial charge in [0.2, 0.25) is 5.91 Å². The van der Waals surface area contributed by atoms with Gasteiger partial charge in [-0.15, -0.1) is 0 Å². The lowest BCUT2D eigenvalue weighted by Crippen LogP contribution is -2.46. The maximum absolute atomic E-state index is 14.2. The molecule has 0 atom stereocenters. The average Bonchev–Trinajstić information content (AvgIpc) is 2.48. The van der Waals surface area contributed by atoms with E-state index in [4.69, 9.17) is 5.73 Å². The van der Waals surface area contributed by atoms with Crippen molar-refractivity contribution in [3.8, 4) is 0 Å². The number of nitrogens with two attached hydrogens (primary N) is 1. The molecule has 2 aromatic carbocycles. The van der Waals surface area contributed by atoms with Gasteiger partial charge in [0.15, 0.2) is 0 Å². The molecule has 1 aliphatic carbocycles. The van der Waals surface area contributed by atoms with Crippen molar-refractivity contribution >= 4 is 17.5 Å². The summed E-state index contributed by atoms with van der Waals surface area (Å²) in [5.41, 5.74) is 5.45. The lowest BCUT2D eigenvalue weighted by molar-refractivity contribution is -0.124. The standard InChI is InChI=1S/C18H17FN2O2/c19-14-8-3-2-7-13(14)18(10-5-11-18)17(23)21-15-9-4-1-6-12(15)16(20)22/h1-4,6-9H,5,10-11H2,(H2,20,22)(H,21,23). The minimum Gasteiger partial charge on any atom is -0.366 e. The van der Waals surface area contributed by atoms with Gasteiger partial charge in [-0.2, -0.15) is 0 Å². The molecule has 0 heterocycles. The van der Waals surface area contributed by atoms with Crippen LogP contribution in [-0.2, 0) is 10.2 Å². The molecule has 0 unspecified atom stereocenters. The molecular weight excluding hydrogens is 295 g/mol. The summed E-state index contributed by atoms with van der Waals surface area (Å²) >= 11 is 0. The van der Waals surface area contributed by atoms with Gasteiger partial charge in [-0.3, -0.25) is 9.59 Å². The molecule has 0 aliphatic heterocycles. The van der Waals surface area contributed by atoms with Gasteiger partial charge >= 0.3 is 0 Å². The highest BCUT2D eigenvalue weighted by molar-refractivity contribution is 6.06. The summed E-state index contributed by atoms with van der Waals surface area (Å²) in [5.74, 6) is -1.30. The Hall–Kier alpha value is -2.69. The van der Waals surface area contributed by atoms with E-state index in [0.29, 0.717) is 24.1 Å². The minimum atomic E-state index is -0.879. The molecule has 1 fully saturated rings. The van der Waals surface area contributed by atoms with Crippen LogP contribution in [0.1, 0.15) is 35.2 Å². The molecule has 3 N–H and O–H groups in total. The predicted octanol–water partition coefficient (Wildman–Crippen LogP) is 2.99. The summed E-state index contributed by atoms with van der Waals surface area (Å²) in [7, 11) is 0. The van der Waals surface area contributed by atoms with E-state index in [2.05, 4.69) is 5.32 Å². The van der Waals surface area contributed by atoms with Crippen LogP contribution in [0.3, 0.4) is 0 Å². The molecule has 0 saturated heterocycles. The van der Waals surface area contributed by atoms with Crippen molar-refractivity contribution in [2.75, 3.05) is 5.32 Å². The summed E-state index contributed by atoms with van der Waals surface area (Å²) < 4.78 is 14.2. The van der Waals surface area contributed by atoms with Crippen LogP contribution in [0.4, 0.5) is 10.1 Å². The number of hydrogen-bond donors (Lipinski definition) is 2. The van der Waals surface area contributed by atoms with Crippen molar-refractivity contribution < 1.29 is 14.0 Å². The minimum absolute atomic E-state index is 0.240. The van der Waals surface area contributed by atoms with Gasteiger partial charge in [0.1, 0.15) is 5.82 Å². The lowest BCUT2D eigenvalue weighted by atomic mass is 9.63. The number of halogens is 1. The molecule has 0 radical (unpaired) electrons. The topological polar surface area (TPSA) is 72.2 Å². The van der Waals surface area contributed by atoms with Gasteiger partial charge in [-0.25, -0.2) is 4.39 Å². The van der Waals surface area contributed by atoms with E-state index in [1.807, 2.05) is 0 Å². The summed E-state index contributed by atoms with van der Waals surface area (Å²) in [6.45, 7) is 0. The summed E-state index contributed by atoms with van der Waals surface area (Å²) in [5, 5.41) is 2.75. The van der Waals surface area contributed by atoms with E-state index in [9.17, 15) is 14.0 Å². The number of nitrogens with one attached hydrogen (secondary N) is 1. The molecule has 3 rings (SSSR count). The van der Waals surface area contributed by atoms with E-state index >= 15 is 0 Å². The molecule has 0 spiro atoms. The monoisotopic (exact) mass is 312 g/mol. The normalized spacial score (nSPS) is 15.5. The van der Waals surface area contributed by atoms with Crippen molar-refractivity contribution in [1.29, 1.82) is 0 Å². The van der Waals surface area contributed by atoms with Crippen molar-refractivity contribution in [3.63, 3.8) is 0 Å². The zero-order chi connectivity index (χ0) is 16.4. The third kappa shape index (κ3) is 2.59. The van der Waals surface area contributed by atoms with Gasteiger partial charge in [0, 0.05) is 5.56 Å². The maximum atomic E-state index is 14.2. The first-order chi connectivity index (χ1) is 11.0. The van der Waals surface area contributed by atoms with E-state index < -0.39 is 11.3 Å². The van der Waals surface area contributed by atoms with E-state index in [1.165, 1.54) is 6.07 Å². The number of para-hydroxylation sites is 1. The Bertz CT molecular complexity index is 769. The van der Waals surface area contributed by atoms with Crippen LogP contribution in [0, 0.1) is 5.82 Å². The first kappa shape index (κ1) is 15.2. The Morgan fingerprint density at radius 3 is 2.30 bits per heavy atom. The van der Waals surface area contributed by atoms with E-state index in [0.717, 1.165) is 6.42 Å². The Labute approximate surface area is 133 Å². The Morgan fingerprint density at radius 2 is 1.70 bits per heavy atom. The van der Waals surface area contributed by atoms with E-state index in [1.54, 1.807) is 42.5 Å². The number of amides is 2. The summed E-state index contributed by atoms with van der Waals surface area (Å²) in [6, 6.07) is 12.9. The maximum Gasteiger partial charge on any atom is 0.250 e. The average molecular weight is 312 g/mol. The SMILES string of the molecule is NC(=O)c1ccccc1NC(=O)C1(c2ccccc2F)CCC1. The van der Waals surface area contributed by atoms with Gasteiger partial charge in [0.25, 0.3) is 5.91 Å². The fourth-order valence-electron chi connectivity index (χ4n) is 3.05. The fraction of sp³-hybridized carbons (Fsp3) is 0.222. The zero-order valence-electron chi connectivity index (χ0n) is 12.5. The number of carbonyl (C=O) groups is 2. The van der Waals surface area contributed by atoms with Crippen LogP contribution >= 0.6 is 0 Å². The van der Waals surface area contributed by atoms with Crippen molar-refractivity contribution in [3.05, 3.63) is 65.5 Å². The Morgan fingerprint density at radius 1 is 1.04 bits per heavy atom. The smallest absolute Gasteiger partial charge is 0.250 e. The number of hydrogen-bond acceptors (Lipinski definition) is 2. The molecule has 2 amide bonds. The van der Waals surface area contributed by atoms with Crippen molar-refractivity contribution in [2.24, 2.45) is 5.73 Å². The van der Waals surface area contributed by atoms with Gasteiger partial charge < -0.3 is 11.1 Å². The molecule has 1 aliphatic rings. The molecule has 2 aromatic rings. The van der Waals surface area contributed by atoms with Crippen molar-refractivity contribution in [2.45, 2.75) is 24.7 Å². The molecule has 0 aromatic heterocycles. The Kier molecular flexibility index (Phi) is 3.86. The highest BCUT2D eigenvalue weighted by Crippen LogP contribution is 2.45. The predicted molar refractivity (Wildman–Crippen MR) is 85.5 cm³/mol. The second-order valence-corrected chi connectivity index (χ2v) is 5.78. The number of rotatable bonds is 4. The van der Waals surface area contributed by atoms with Gasteiger partial charge in [-0.05, 0) is 31.0 Å². The molecule has 4 nitrogen and oxygen atoms in total. The number of carbonyl (C=O) groups excluding carboxylic acids is 2. The van der Waals surface area contributed by atoms with E-state index in [-0.39, 0.29) is 17.3 Å². The van der Waals surface area contributed by atoms with Crippen LogP contribution < -0.4 is 11.1 Å². The molecular formula is C18H17FN2O2.